The Hall–Kier alpha value is -2.11. The van der Waals surface area contributed by atoms with Crippen molar-refractivity contribution in [3.63, 3.8) is 0 Å². The number of amides is 1. The number of hydrogen-bond donors (Lipinski definition) is 1. The van der Waals surface area contributed by atoms with E-state index in [0.717, 1.165) is 19.4 Å². The minimum atomic E-state index is -0.0507. The Balaban J connectivity index is 1.56. The van der Waals surface area contributed by atoms with Gasteiger partial charge in [-0.2, -0.15) is 0 Å². The number of ether oxygens (including phenoxy) is 1. The van der Waals surface area contributed by atoms with E-state index < -0.39 is 0 Å². The number of morpholine rings is 1. The molecular weight excluding hydrogens is 350 g/mol. The number of benzene rings is 1. The Morgan fingerprint density at radius 2 is 1.92 bits per heavy atom. The van der Waals surface area contributed by atoms with Gasteiger partial charge in [0, 0.05) is 25.8 Å². The first-order valence-electron chi connectivity index (χ1n) is 9.01. The number of anilines is 1. The molecule has 0 atom stereocenters. The van der Waals surface area contributed by atoms with E-state index in [9.17, 15) is 4.79 Å². The average molecular weight is 374 g/mol. The van der Waals surface area contributed by atoms with Gasteiger partial charge in [-0.05, 0) is 30.0 Å². The normalized spacial score (nSPS) is 14.3. The highest BCUT2D eigenvalue weighted by atomic mass is 35.5. The first-order chi connectivity index (χ1) is 12.7. The van der Waals surface area contributed by atoms with Gasteiger partial charge >= 0.3 is 0 Å². The maximum Gasteiger partial charge on any atom is 0.255 e. The van der Waals surface area contributed by atoms with E-state index in [1.807, 2.05) is 0 Å². The monoisotopic (exact) mass is 373 g/mol. The van der Waals surface area contributed by atoms with Crippen LogP contribution in [0, 0.1) is 0 Å². The zero-order chi connectivity index (χ0) is 18.4. The van der Waals surface area contributed by atoms with E-state index >= 15 is 0 Å². The number of rotatable bonds is 6. The van der Waals surface area contributed by atoms with Crippen LogP contribution in [0.1, 0.15) is 28.4 Å². The number of carbonyl (C=O) groups is 1. The summed E-state index contributed by atoms with van der Waals surface area (Å²) in [4.78, 5) is 18.6. The fourth-order valence-corrected chi connectivity index (χ4v) is 3.13. The zero-order valence-electron chi connectivity index (χ0n) is 15.0. The summed E-state index contributed by atoms with van der Waals surface area (Å²) in [6, 6.07) is 10.3. The molecule has 1 fully saturated rings. The molecule has 1 aromatic carbocycles. The van der Waals surface area contributed by atoms with Gasteiger partial charge in [-0.15, -0.1) is 0 Å². The van der Waals surface area contributed by atoms with Crippen LogP contribution in [0.25, 0.3) is 0 Å². The Bertz CT molecular complexity index is 743. The molecule has 2 heterocycles. The molecule has 0 saturated carbocycles. The van der Waals surface area contributed by atoms with Gasteiger partial charge in [0.05, 0.1) is 23.8 Å². The molecule has 0 bridgehead atoms. The van der Waals surface area contributed by atoms with Crippen LogP contribution in [0.3, 0.4) is 0 Å². The molecule has 1 saturated heterocycles. The molecule has 26 heavy (non-hydrogen) atoms. The summed E-state index contributed by atoms with van der Waals surface area (Å²) in [5, 5.41) is 3.71. The molecule has 0 unspecified atom stereocenters. The molecule has 1 N–H and O–H groups in total. The lowest BCUT2D eigenvalue weighted by Gasteiger charge is -2.26. The Morgan fingerprint density at radius 3 is 2.58 bits per heavy atom. The molecule has 1 aromatic heterocycles. The van der Waals surface area contributed by atoms with Gasteiger partial charge in [-0.25, -0.2) is 4.98 Å². The number of nitrogens with one attached hydrogen (secondary N) is 1. The number of halogens is 1. The summed E-state index contributed by atoms with van der Waals surface area (Å²) in [5.74, 6) is 0.556. The van der Waals surface area contributed by atoms with E-state index in [4.69, 9.17) is 16.3 Å². The summed E-state index contributed by atoms with van der Waals surface area (Å²) in [7, 11) is 0. The summed E-state index contributed by atoms with van der Waals surface area (Å²) in [6.45, 7) is 5.24. The van der Waals surface area contributed by atoms with Crippen molar-refractivity contribution in [1.82, 2.24) is 9.88 Å². The summed E-state index contributed by atoms with van der Waals surface area (Å²) in [5.41, 5.74) is 3.12. The third-order valence-electron chi connectivity index (χ3n) is 4.52. The fourth-order valence-electron chi connectivity index (χ4n) is 2.90. The summed E-state index contributed by atoms with van der Waals surface area (Å²) in [6.07, 6.45) is 3.52. The first-order valence-corrected chi connectivity index (χ1v) is 9.39. The van der Waals surface area contributed by atoms with Crippen molar-refractivity contribution < 1.29 is 9.53 Å². The number of pyridine rings is 1. The highest BCUT2D eigenvalue weighted by Crippen LogP contribution is 2.21. The molecule has 0 radical (unpaired) electrons. The second-order valence-electron chi connectivity index (χ2n) is 6.31. The van der Waals surface area contributed by atoms with Gasteiger partial charge < -0.3 is 15.0 Å². The number of hydrogen-bond acceptors (Lipinski definition) is 4. The minimum absolute atomic E-state index is 0.0507. The number of nitrogens with zero attached hydrogens (tertiary/aromatic N) is 2. The van der Waals surface area contributed by atoms with Gasteiger partial charge in [-0.3, -0.25) is 4.79 Å². The van der Waals surface area contributed by atoms with E-state index in [0.29, 0.717) is 42.7 Å². The SMILES string of the molecule is CCc1ccc(CCNc2ncc(C(=O)N3CCOCC3)cc2Cl)cc1. The van der Waals surface area contributed by atoms with Gasteiger partial charge in [0.2, 0.25) is 0 Å². The topological polar surface area (TPSA) is 54.5 Å². The number of aromatic nitrogens is 1. The van der Waals surface area contributed by atoms with Gasteiger partial charge in [0.25, 0.3) is 5.91 Å². The van der Waals surface area contributed by atoms with Crippen LogP contribution in [-0.4, -0.2) is 48.6 Å². The molecule has 3 rings (SSSR count). The van der Waals surface area contributed by atoms with Crippen LogP contribution < -0.4 is 5.32 Å². The third-order valence-corrected chi connectivity index (χ3v) is 4.81. The van der Waals surface area contributed by atoms with Crippen molar-refractivity contribution >= 4 is 23.3 Å². The molecule has 2 aromatic rings. The van der Waals surface area contributed by atoms with E-state index in [1.165, 1.54) is 11.1 Å². The second kappa shape index (κ2) is 9.01. The number of aryl methyl sites for hydroxylation is 1. The van der Waals surface area contributed by atoms with E-state index in [2.05, 4.69) is 41.5 Å². The van der Waals surface area contributed by atoms with E-state index in [1.54, 1.807) is 17.2 Å². The summed E-state index contributed by atoms with van der Waals surface area (Å²) < 4.78 is 5.28. The first kappa shape index (κ1) is 18.7. The second-order valence-corrected chi connectivity index (χ2v) is 6.71. The minimum Gasteiger partial charge on any atom is -0.378 e. The molecule has 1 aliphatic rings. The van der Waals surface area contributed by atoms with Crippen molar-refractivity contribution in [3.05, 3.63) is 58.2 Å². The van der Waals surface area contributed by atoms with Crippen LogP contribution >= 0.6 is 11.6 Å². The van der Waals surface area contributed by atoms with Crippen molar-refractivity contribution in [2.75, 3.05) is 38.2 Å². The average Bonchev–Trinajstić information content (AvgIpc) is 2.70. The highest BCUT2D eigenvalue weighted by molar-refractivity contribution is 6.33. The Morgan fingerprint density at radius 1 is 1.23 bits per heavy atom. The molecule has 1 aliphatic heterocycles. The van der Waals surface area contributed by atoms with Crippen LogP contribution in [0.4, 0.5) is 5.82 Å². The van der Waals surface area contributed by atoms with Gasteiger partial charge in [0.1, 0.15) is 5.82 Å². The maximum absolute atomic E-state index is 12.5. The molecule has 0 spiro atoms. The zero-order valence-corrected chi connectivity index (χ0v) is 15.8. The summed E-state index contributed by atoms with van der Waals surface area (Å²) >= 11 is 6.31. The molecule has 6 heteroatoms. The maximum atomic E-state index is 12.5. The quantitative estimate of drug-likeness (QED) is 0.842. The van der Waals surface area contributed by atoms with Crippen molar-refractivity contribution in [3.8, 4) is 0 Å². The van der Waals surface area contributed by atoms with Crippen molar-refractivity contribution in [2.45, 2.75) is 19.8 Å². The molecular formula is C20H24ClN3O2. The van der Waals surface area contributed by atoms with Crippen LogP contribution in [0.2, 0.25) is 5.02 Å². The van der Waals surface area contributed by atoms with Crippen molar-refractivity contribution in [2.24, 2.45) is 0 Å². The van der Waals surface area contributed by atoms with Crippen molar-refractivity contribution in [1.29, 1.82) is 0 Å². The van der Waals surface area contributed by atoms with Gasteiger partial charge in [0.15, 0.2) is 0 Å². The third kappa shape index (κ3) is 4.74. The largest absolute Gasteiger partial charge is 0.378 e. The predicted octanol–water partition coefficient (Wildman–Crippen LogP) is 3.42. The number of carbonyl (C=O) groups excluding carboxylic acids is 1. The fraction of sp³-hybridized carbons (Fsp3) is 0.400. The lowest BCUT2D eigenvalue weighted by molar-refractivity contribution is 0.0302. The molecule has 5 nitrogen and oxygen atoms in total. The Kier molecular flexibility index (Phi) is 6.47. The molecule has 0 aliphatic carbocycles. The molecule has 138 valence electrons. The Labute approximate surface area is 159 Å². The van der Waals surface area contributed by atoms with Gasteiger partial charge in [-0.1, -0.05) is 42.8 Å². The lowest BCUT2D eigenvalue weighted by Crippen LogP contribution is -2.40. The van der Waals surface area contributed by atoms with Crippen LogP contribution in [0.5, 0.6) is 0 Å². The molecule has 1 amide bonds. The smallest absolute Gasteiger partial charge is 0.255 e. The van der Waals surface area contributed by atoms with E-state index in [-0.39, 0.29) is 5.91 Å². The van der Waals surface area contributed by atoms with Crippen LogP contribution in [0.15, 0.2) is 36.5 Å². The predicted molar refractivity (Wildman–Crippen MR) is 104 cm³/mol. The lowest BCUT2D eigenvalue weighted by atomic mass is 10.1. The standard InChI is InChI=1S/C20H24ClN3O2/c1-2-15-3-5-16(6-4-15)7-8-22-19-18(21)13-17(14-23-19)20(25)24-9-11-26-12-10-24/h3-6,13-14H,2,7-12H2,1H3,(H,22,23). The van der Waals surface area contributed by atoms with Crippen LogP contribution in [-0.2, 0) is 17.6 Å². The highest BCUT2D eigenvalue weighted by Gasteiger charge is 2.19.